The summed E-state index contributed by atoms with van der Waals surface area (Å²) in [5, 5.41) is 3.60. The Balaban J connectivity index is 0.00000280. The van der Waals surface area contributed by atoms with E-state index in [1.54, 1.807) is 7.11 Å². The fraction of sp³-hybridized carbons (Fsp3) is 0.500. The molecule has 1 fully saturated rings. The molecular formula is C24H34ClNO2. The number of benzene rings is 2. The molecule has 1 heterocycles. The largest absolute Gasteiger partial charge is 0.497 e. The number of halogens is 1. The molecule has 4 heteroatoms. The Labute approximate surface area is 176 Å². The van der Waals surface area contributed by atoms with Crippen LogP contribution in [0.5, 0.6) is 11.5 Å². The number of methoxy groups -OCH3 is 1. The summed E-state index contributed by atoms with van der Waals surface area (Å²) in [5.41, 5.74) is 2.71. The van der Waals surface area contributed by atoms with Crippen LogP contribution in [0.2, 0.25) is 0 Å². The summed E-state index contributed by atoms with van der Waals surface area (Å²) in [7, 11) is 1.71. The highest BCUT2D eigenvalue weighted by atomic mass is 35.5. The summed E-state index contributed by atoms with van der Waals surface area (Å²) in [6.45, 7) is 1.97. The molecule has 3 nitrogen and oxygen atoms in total. The van der Waals surface area contributed by atoms with Gasteiger partial charge in [-0.25, -0.2) is 0 Å². The van der Waals surface area contributed by atoms with Crippen LogP contribution in [-0.2, 0) is 12.8 Å². The fourth-order valence-corrected chi connectivity index (χ4v) is 3.77. The van der Waals surface area contributed by atoms with E-state index in [0.717, 1.165) is 43.9 Å². The number of unbranched alkanes of at least 4 members (excludes halogenated alkanes) is 1. The average Bonchev–Trinajstić information content (AvgIpc) is 2.73. The zero-order valence-corrected chi connectivity index (χ0v) is 17.8. The number of rotatable bonds is 10. The molecule has 1 aliphatic heterocycles. The molecule has 0 bridgehead atoms. The van der Waals surface area contributed by atoms with Gasteiger partial charge in [0.15, 0.2) is 0 Å². The number of hydrogen-bond donors (Lipinski definition) is 1. The Morgan fingerprint density at radius 3 is 2.50 bits per heavy atom. The van der Waals surface area contributed by atoms with Crippen molar-refractivity contribution in [1.29, 1.82) is 0 Å². The van der Waals surface area contributed by atoms with Gasteiger partial charge in [0.2, 0.25) is 0 Å². The molecule has 0 saturated carbocycles. The molecule has 1 unspecified atom stereocenters. The van der Waals surface area contributed by atoms with Gasteiger partial charge in [-0.1, -0.05) is 36.8 Å². The SMILES string of the molecule is COc1ccc(CCCCc2ccccc2OCCC2CCCCN2)cc1.Cl. The molecule has 0 aromatic heterocycles. The van der Waals surface area contributed by atoms with Crippen molar-refractivity contribution >= 4 is 12.4 Å². The topological polar surface area (TPSA) is 30.5 Å². The third-order valence-electron chi connectivity index (χ3n) is 5.43. The third-order valence-corrected chi connectivity index (χ3v) is 5.43. The molecule has 1 N–H and O–H groups in total. The van der Waals surface area contributed by atoms with E-state index >= 15 is 0 Å². The smallest absolute Gasteiger partial charge is 0.122 e. The zero-order chi connectivity index (χ0) is 18.7. The first-order chi connectivity index (χ1) is 13.3. The molecule has 1 aliphatic rings. The van der Waals surface area contributed by atoms with Crippen molar-refractivity contribution in [3.8, 4) is 11.5 Å². The second kappa shape index (κ2) is 12.7. The Bertz CT molecular complexity index is 669. The minimum absolute atomic E-state index is 0. The van der Waals surface area contributed by atoms with Crippen molar-refractivity contribution in [2.24, 2.45) is 0 Å². The maximum Gasteiger partial charge on any atom is 0.122 e. The summed E-state index contributed by atoms with van der Waals surface area (Å²) in [6, 6.07) is 17.6. The number of hydrogen-bond acceptors (Lipinski definition) is 3. The van der Waals surface area contributed by atoms with E-state index in [9.17, 15) is 0 Å². The van der Waals surface area contributed by atoms with E-state index in [-0.39, 0.29) is 12.4 Å². The van der Waals surface area contributed by atoms with Crippen molar-refractivity contribution in [2.75, 3.05) is 20.3 Å². The van der Waals surface area contributed by atoms with Gasteiger partial charge in [-0.15, -0.1) is 12.4 Å². The molecule has 28 heavy (non-hydrogen) atoms. The van der Waals surface area contributed by atoms with Gasteiger partial charge in [0.1, 0.15) is 11.5 Å². The highest BCUT2D eigenvalue weighted by molar-refractivity contribution is 5.85. The number of para-hydroxylation sites is 1. The number of aryl methyl sites for hydroxylation is 2. The molecule has 154 valence electrons. The lowest BCUT2D eigenvalue weighted by atomic mass is 10.0. The number of piperidine rings is 1. The molecular weight excluding hydrogens is 370 g/mol. The van der Waals surface area contributed by atoms with E-state index in [2.05, 4.69) is 41.7 Å². The average molecular weight is 404 g/mol. The molecule has 2 aromatic rings. The highest BCUT2D eigenvalue weighted by Crippen LogP contribution is 2.22. The molecule has 3 rings (SSSR count). The summed E-state index contributed by atoms with van der Waals surface area (Å²) in [5.74, 6) is 1.99. The van der Waals surface area contributed by atoms with Gasteiger partial charge >= 0.3 is 0 Å². The van der Waals surface area contributed by atoms with E-state index < -0.39 is 0 Å². The second-order valence-electron chi connectivity index (χ2n) is 7.45. The number of nitrogens with one attached hydrogen (secondary N) is 1. The predicted molar refractivity (Wildman–Crippen MR) is 119 cm³/mol. The van der Waals surface area contributed by atoms with Crippen LogP contribution in [0.4, 0.5) is 0 Å². The highest BCUT2D eigenvalue weighted by Gasteiger charge is 2.12. The van der Waals surface area contributed by atoms with Crippen molar-refractivity contribution in [3.05, 3.63) is 59.7 Å². The normalized spacial score (nSPS) is 16.2. The first-order valence-corrected chi connectivity index (χ1v) is 10.4. The van der Waals surface area contributed by atoms with E-state index in [0.29, 0.717) is 6.04 Å². The fourth-order valence-electron chi connectivity index (χ4n) is 3.77. The van der Waals surface area contributed by atoms with Gasteiger partial charge in [0.05, 0.1) is 13.7 Å². The predicted octanol–water partition coefficient (Wildman–Crippen LogP) is 5.59. The minimum Gasteiger partial charge on any atom is -0.497 e. The van der Waals surface area contributed by atoms with Crippen LogP contribution >= 0.6 is 12.4 Å². The lowest BCUT2D eigenvalue weighted by molar-refractivity contribution is 0.266. The summed E-state index contributed by atoms with van der Waals surface area (Å²) < 4.78 is 11.3. The molecule has 2 aromatic carbocycles. The Morgan fingerprint density at radius 2 is 1.75 bits per heavy atom. The quantitative estimate of drug-likeness (QED) is 0.524. The van der Waals surface area contributed by atoms with Gasteiger partial charge in [-0.05, 0) is 80.8 Å². The summed E-state index contributed by atoms with van der Waals surface area (Å²) >= 11 is 0. The van der Waals surface area contributed by atoms with Crippen LogP contribution < -0.4 is 14.8 Å². The molecule has 1 atom stereocenters. The first-order valence-electron chi connectivity index (χ1n) is 10.4. The lowest BCUT2D eigenvalue weighted by Crippen LogP contribution is -2.35. The summed E-state index contributed by atoms with van der Waals surface area (Å²) in [4.78, 5) is 0. The van der Waals surface area contributed by atoms with Crippen LogP contribution in [0.25, 0.3) is 0 Å². The molecule has 0 aliphatic carbocycles. The van der Waals surface area contributed by atoms with E-state index in [1.165, 1.54) is 43.2 Å². The molecule has 0 spiro atoms. The second-order valence-corrected chi connectivity index (χ2v) is 7.45. The standard InChI is InChI=1S/C24H33NO2.ClH/c1-26-23-15-13-20(14-16-23)8-2-3-9-21-10-4-5-12-24(21)27-19-17-22-11-6-7-18-25-22;/h4-5,10,12-16,22,25H,2-3,6-9,11,17-19H2,1H3;1H. The van der Waals surface area contributed by atoms with Crippen LogP contribution in [0.15, 0.2) is 48.5 Å². The Kier molecular flexibility index (Phi) is 10.2. The third kappa shape index (κ3) is 7.37. The van der Waals surface area contributed by atoms with Crippen molar-refractivity contribution in [3.63, 3.8) is 0 Å². The Hall–Kier alpha value is -1.71. The first kappa shape index (κ1) is 22.6. The molecule has 0 amide bonds. The summed E-state index contributed by atoms with van der Waals surface area (Å²) in [6.07, 6.45) is 9.61. The molecule has 1 saturated heterocycles. The van der Waals surface area contributed by atoms with Crippen LogP contribution in [0.3, 0.4) is 0 Å². The maximum atomic E-state index is 6.13. The van der Waals surface area contributed by atoms with Crippen molar-refractivity contribution in [2.45, 2.75) is 57.4 Å². The monoisotopic (exact) mass is 403 g/mol. The van der Waals surface area contributed by atoms with Crippen molar-refractivity contribution in [1.82, 2.24) is 5.32 Å². The van der Waals surface area contributed by atoms with E-state index in [1.807, 2.05) is 12.1 Å². The zero-order valence-electron chi connectivity index (χ0n) is 17.0. The van der Waals surface area contributed by atoms with Crippen LogP contribution in [0, 0.1) is 0 Å². The Morgan fingerprint density at radius 1 is 0.964 bits per heavy atom. The van der Waals surface area contributed by atoms with Gasteiger partial charge in [0.25, 0.3) is 0 Å². The van der Waals surface area contributed by atoms with Gasteiger partial charge in [-0.2, -0.15) is 0 Å². The lowest BCUT2D eigenvalue weighted by Gasteiger charge is -2.23. The minimum atomic E-state index is 0. The van der Waals surface area contributed by atoms with Crippen LogP contribution in [-0.4, -0.2) is 26.3 Å². The van der Waals surface area contributed by atoms with Gasteiger partial charge in [0, 0.05) is 6.04 Å². The number of ether oxygens (including phenoxy) is 2. The van der Waals surface area contributed by atoms with Crippen LogP contribution in [0.1, 0.15) is 49.7 Å². The van der Waals surface area contributed by atoms with Gasteiger partial charge < -0.3 is 14.8 Å². The molecule has 0 radical (unpaired) electrons. The maximum absolute atomic E-state index is 6.13. The van der Waals surface area contributed by atoms with E-state index in [4.69, 9.17) is 9.47 Å². The van der Waals surface area contributed by atoms with Gasteiger partial charge in [-0.3, -0.25) is 0 Å². The van der Waals surface area contributed by atoms with Crippen molar-refractivity contribution < 1.29 is 9.47 Å².